The third kappa shape index (κ3) is 4.69. The largest absolute Gasteiger partial charge is 0.442 e. The molecule has 1 aliphatic rings. The van der Waals surface area contributed by atoms with Crippen molar-refractivity contribution < 1.29 is 9.53 Å². The number of nitrogens with two attached hydrogens (primary N) is 1. The summed E-state index contributed by atoms with van der Waals surface area (Å²) in [4.78, 5) is 16.0. The molecule has 1 aromatic rings. The monoisotopic (exact) mass is 277 g/mol. The Morgan fingerprint density at radius 3 is 3.05 bits per heavy atom. The third-order valence-electron chi connectivity index (χ3n) is 2.44. The lowest BCUT2D eigenvalue weighted by atomic mass is 10.2. The van der Waals surface area contributed by atoms with Crippen LogP contribution in [0.4, 0.5) is 4.79 Å². The van der Waals surface area contributed by atoms with E-state index in [0.717, 1.165) is 4.88 Å². The summed E-state index contributed by atoms with van der Waals surface area (Å²) in [6, 6.07) is 3.96. The molecule has 1 amide bonds. The number of nitrogens with zero attached hydrogens (tertiary/aromatic N) is 1. The average Bonchev–Trinajstić information content (AvgIpc) is 2.84. The maximum absolute atomic E-state index is 11.2. The second-order valence-electron chi connectivity index (χ2n) is 3.96. The van der Waals surface area contributed by atoms with Gasteiger partial charge in [-0.05, 0) is 29.7 Å². The molecule has 100 valence electrons. The van der Waals surface area contributed by atoms with Gasteiger partial charge >= 0.3 is 6.09 Å². The van der Waals surface area contributed by atoms with E-state index in [1.165, 1.54) is 6.21 Å². The smallest absolute Gasteiger partial charge is 0.433 e. The van der Waals surface area contributed by atoms with Crippen LogP contribution in [0.3, 0.4) is 0 Å². The number of carbonyl (C=O) groups excluding carboxylic acids is 1. The van der Waals surface area contributed by atoms with Crippen molar-refractivity contribution in [3.8, 4) is 0 Å². The summed E-state index contributed by atoms with van der Waals surface area (Å²) in [5, 5.41) is 4.99. The molecule has 2 rings (SSSR count). The molecule has 1 fully saturated rings. The summed E-state index contributed by atoms with van der Waals surface area (Å²) in [5.41, 5.74) is 6.26. The Kier molecular flexibility index (Phi) is 4.88. The quantitative estimate of drug-likeness (QED) is 0.649. The van der Waals surface area contributed by atoms with E-state index in [-0.39, 0.29) is 6.10 Å². The van der Waals surface area contributed by atoms with E-state index in [1.807, 2.05) is 23.6 Å². The van der Waals surface area contributed by atoms with Gasteiger partial charge in [-0.15, -0.1) is 11.3 Å². The maximum atomic E-state index is 11.2. The molecule has 1 aromatic heterocycles. The highest BCUT2D eigenvalue weighted by Crippen LogP contribution is 2.10. The summed E-state index contributed by atoms with van der Waals surface area (Å²) in [7, 11) is 0. The fourth-order valence-electron chi connectivity index (χ4n) is 1.32. The summed E-state index contributed by atoms with van der Waals surface area (Å²) < 4.78 is 5.00. The number of carbonyl (C=O) groups is 1. The molecule has 0 unspecified atom stereocenters. The molecule has 0 aromatic carbocycles. The van der Waals surface area contributed by atoms with Gasteiger partial charge in [0.25, 0.3) is 0 Å². The van der Waals surface area contributed by atoms with E-state index in [1.54, 1.807) is 23.5 Å². The number of ether oxygens (including phenoxy) is 1. The van der Waals surface area contributed by atoms with E-state index in [4.69, 9.17) is 10.5 Å². The fourth-order valence-corrected chi connectivity index (χ4v) is 1.94. The minimum Gasteiger partial charge on any atom is -0.442 e. The Balaban J connectivity index is 1.78. The van der Waals surface area contributed by atoms with Gasteiger partial charge in [0.2, 0.25) is 0 Å². The van der Waals surface area contributed by atoms with Crippen molar-refractivity contribution in [1.29, 1.82) is 0 Å². The molecule has 0 spiro atoms. The molecule has 6 heteroatoms. The molecule has 1 aliphatic heterocycles. The summed E-state index contributed by atoms with van der Waals surface area (Å²) >= 11 is 1.63. The summed E-state index contributed by atoms with van der Waals surface area (Å²) in [5.74, 6) is 0. The van der Waals surface area contributed by atoms with E-state index in [2.05, 4.69) is 10.3 Å². The van der Waals surface area contributed by atoms with Gasteiger partial charge in [-0.3, -0.25) is 0 Å². The van der Waals surface area contributed by atoms with Gasteiger partial charge in [0.1, 0.15) is 6.10 Å². The van der Waals surface area contributed by atoms with Crippen LogP contribution in [-0.4, -0.2) is 31.5 Å². The Hall–Kier alpha value is -1.92. The maximum Gasteiger partial charge on any atom is 0.433 e. The van der Waals surface area contributed by atoms with Crippen LogP contribution in [0.2, 0.25) is 0 Å². The Morgan fingerprint density at radius 2 is 2.42 bits per heavy atom. The molecule has 0 aliphatic carbocycles. The number of allylic oxidation sites excluding steroid dienone is 2. The Bertz CT molecular complexity index is 502. The highest BCUT2D eigenvalue weighted by atomic mass is 32.1. The molecule has 2 heterocycles. The topological polar surface area (TPSA) is 76.7 Å². The lowest BCUT2D eigenvalue weighted by molar-refractivity contribution is 0.0748. The van der Waals surface area contributed by atoms with Crippen molar-refractivity contribution in [3.05, 3.63) is 40.2 Å². The molecule has 5 nitrogen and oxygen atoms in total. The van der Waals surface area contributed by atoms with Crippen molar-refractivity contribution >= 4 is 29.7 Å². The minimum atomic E-state index is -0.585. The van der Waals surface area contributed by atoms with Gasteiger partial charge in [0.15, 0.2) is 0 Å². The first-order valence-electron chi connectivity index (χ1n) is 5.87. The highest BCUT2D eigenvalue weighted by Gasteiger charge is 2.20. The van der Waals surface area contributed by atoms with Crippen LogP contribution in [0, 0.1) is 0 Å². The van der Waals surface area contributed by atoms with Gasteiger partial charge in [-0.25, -0.2) is 4.79 Å². The number of rotatable bonds is 4. The first-order chi connectivity index (χ1) is 9.24. The molecule has 19 heavy (non-hydrogen) atoms. The first kappa shape index (κ1) is 13.5. The van der Waals surface area contributed by atoms with Gasteiger partial charge in [-0.1, -0.05) is 6.07 Å². The molecule has 1 saturated heterocycles. The molecule has 0 saturated carbocycles. The fraction of sp³-hybridized carbons (Fsp3) is 0.231. The number of thiophene rings is 1. The first-order valence-corrected chi connectivity index (χ1v) is 6.75. The van der Waals surface area contributed by atoms with Crippen LogP contribution >= 0.6 is 11.3 Å². The predicted molar refractivity (Wildman–Crippen MR) is 77.3 cm³/mol. The second-order valence-corrected chi connectivity index (χ2v) is 4.94. The number of nitrogens with one attached hydrogen (secondary N) is 1. The average molecular weight is 277 g/mol. The molecule has 0 radical (unpaired) electrons. The van der Waals surface area contributed by atoms with E-state index in [0.29, 0.717) is 18.8 Å². The SMILES string of the molecule is NC(=C\C=N\C(=O)OC1CNC1)/C=C/c1cccs1. The van der Waals surface area contributed by atoms with Crippen LogP contribution in [0.25, 0.3) is 6.08 Å². The van der Waals surface area contributed by atoms with Gasteiger partial charge in [-0.2, -0.15) is 4.99 Å². The zero-order valence-corrected chi connectivity index (χ0v) is 11.1. The van der Waals surface area contributed by atoms with Crippen molar-refractivity contribution in [2.75, 3.05) is 13.1 Å². The standard InChI is InChI=1S/C13H15N3O2S/c14-10(3-4-12-2-1-7-19-12)5-6-16-13(17)18-11-8-15-9-11/h1-7,11,15H,8-9,14H2/b4-3+,10-5-,16-6+. The zero-order chi connectivity index (χ0) is 13.5. The lowest BCUT2D eigenvalue weighted by Gasteiger charge is -2.25. The van der Waals surface area contributed by atoms with E-state index >= 15 is 0 Å². The van der Waals surface area contributed by atoms with Crippen molar-refractivity contribution in [2.45, 2.75) is 6.10 Å². The molecule has 0 atom stereocenters. The molecule has 3 N–H and O–H groups in total. The van der Waals surface area contributed by atoms with Crippen molar-refractivity contribution in [2.24, 2.45) is 10.7 Å². The summed E-state index contributed by atoms with van der Waals surface area (Å²) in [6.45, 7) is 1.39. The predicted octanol–water partition coefficient (Wildman–Crippen LogP) is 1.78. The highest BCUT2D eigenvalue weighted by molar-refractivity contribution is 7.10. The van der Waals surface area contributed by atoms with Crippen molar-refractivity contribution in [3.63, 3.8) is 0 Å². The van der Waals surface area contributed by atoms with Gasteiger partial charge in [0.05, 0.1) is 0 Å². The lowest BCUT2D eigenvalue weighted by Crippen LogP contribution is -2.49. The number of amides is 1. The normalized spacial score (nSPS) is 16.9. The minimum absolute atomic E-state index is 0.0512. The third-order valence-corrected chi connectivity index (χ3v) is 3.28. The van der Waals surface area contributed by atoms with Crippen LogP contribution in [0.1, 0.15) is 4.88 Å². The molecular weight excluding hydrogens is 262 g/mol. The Morgan fingerprint density at radius 1 is 1.58 bits per heavy atom. The second kappa shape index (κ2) is 6.86. The molecular formula is C13H15N3O2S. The zero-order valence-electron chi connectivity index (χ0n) is 10.3. The van der Waals surface area contributed by atoms with E-state index in [9.17, 15) is 4.79 Å². The van der Waals surface area contributed by atoms with Crippen LogP contribution in [0.15, 0.2) is 40.4 Å². The number of aliphatic imine (C=N–C) groups is 1. The van der Waals surface area contributed by atoms with Crippen LogP contribution in [0.5, 0.6) is 0 Å². The van der Waals surface area contributed by atoms with Crippen molar-refractivity contribution in [1.82, 2.24) is 5.32 Å². The molecule has 0 bridgehead atoms. The Labute approximate surface area is 115 Å². The van der Waals surface area contributed by atoms with Crippen LogP contribution < -0.4 is 11.1 Å². The van der Waals surface area contributed by atoms with Gasteiger partial charge < -0.3 is 15.8 Å². The van der Waals surface area contributed by atoms with Gasteiger partial charge in [0, 0.05) is 29.9 Å². The van der Waals surface area contributed by atoms with E-state index < -0.39 is 6.09 Å². The number of hydrogen-bond acceptors (Lipinski definition) is 5. The van der Waals surface area contributed by atoms with Crippen LogP contribution in [-0.2, 0) is 4.74 Å². The number of hydrogen-bond donors (Lipinski definition) is 2. The summed E-state index contributed by atoms with van der Waals surface area (Å²) in [6.07, 6.45) is 5.94.